The number of carboxylic acids is 1. The lowest BCUT2D eigenvalue weighted by molar-refractivity contribution is -0.139. The number of aliphatic carboxylic acids is 1. The van der Waals surface area contributed by atoms with Gasteiger partial charge in [-0.25, -0.2) is 18.0 Å². The van der Waals surface area contributed by atoms with Gasteiger partial charge in [0.25, 0.3) is 0 Å². The molecule has 1 aromatic rings. The van der Waals surface area contributed by atoms with Crippen molar-refractivity contribution in [3.63, 3.8) is 0 Å². The Hall–Kier alpha value is -2.46. The van der Waals surface area contributed by atoms with Crippen LogP contribution in [0, 0.1) is 5.92 Å². The van der Waals surface area contributed by atoms with Crippen LogP contribution < -0.4 is 4.72 Å². The fourth-order valence-corrected chi connectivity index (χ4v) is 3.61. The van der Waals surface area contributed by atoms with Crippen LogP contribution in [0.2, 0.25) is 0 Å². The molecule has 0 bridgehead atoms. The van der Waals surface area contributed by atoms with Crippen molar-refractivity contribution >= 4 is 27.9 Å². The lowest BCUT2D eigenvalue weighted by Gasteiger charge is -2.18. The van der Waals surface area contributed by atoms with Crippen molar-refractivity contribution in [3.8, 4) is 0 Å². The molecule has 0 spiro atoms. The van der Waals surface area contributed by atoms with Crippen molar-refractivity contribution in [2.24, 2.45) is 5.92 Å². The predicted molar refractivity (Wildman–Crippen MR) is 90.3 cm³/mol. The van der Waals surface area contributed by atoms with Crippen molar-refractivity contribution in [2.45, 2.75) is 31.2 Å². The fraction of sp³-hybridized carbons (Fsp3) is 0.438. The summed E-state index contributed by atoms with van der Waals surface area (Å²) in [6, 6.07) is 1.85. The van der Waals surface area contributed by atoms with Gasteiger partial charge in [0.2, 0.25) is 10.0 Å². The summed E-state index contributed by atoms with van der Waals surface area (Å²) >= 11 is 0. The molecule has 0 heterocycles. The zero-order valence-electron chi connectivity index (χ0n) is 14.8. The Morgan fingerprint density at radius 3 is 2.15 bits per heavy atom. The number of hydrogen-bond donors (Lipinski definition) is 2. The second-order valence-corrected chi connectivity index (χ2v) is 7.52. The maximum absolute atomic E-state index is 12.7. The molecule has 1 atom stereocenters. The van der Waals surface area contributed by atoms with E-state index in [-0.39, 0.29) is 23.5 Å². The third-order valence-corrected chi connectivity index (χ3v) is 4.91. The molecule has 9 nitrogen and oxygen atoms in total. The molecule has 10 heteroatoms. The lowest BCUT2D eigenvalue weighted by Crippen LogP contribution is -2.42. The third-order valence-electron chi connectivity index (χ3n) is 3.40. The van der Waals surface area contributed by atoms with Crippen LogP contribution in [0.4, 0.5) is 0 Å². The van der Waals surface area contributed by atoms with Gasteiger partial charge in [-0.3, -0.25) is 4.79 Å². The van der Waals surface area contributed by atoms with E-state index in [9.17, 15) is 27.9 Å². The molecule has 1 unspecified atom stereocenters. The standard InChI is InChI=1S/C16H21NO8S/c1-9(2)7-12(14(18)19)17-26(22,23)13-8-10(15(20)24-3)5-6-11(13)16(21)25-4/h5-6,8-9,12,17H,7H2,1-4H3,(H,18,19). The molecule has 0 aliphatic carbocycles. The number of benzene rings is 1. The summed E-state index contributed by atoms with van der Waals surface area (Å²) in [5.74, 6) is -3.21. The lowest BCUT2D eigenvalue weighted by atomic mass is 10.1. The molecule has 0 amide bonds. The van der Waals surface area contributed by atoms with E-state index in [1.165, 1.54) is 6.07 Å². The van der Waals surface area contributed by atoms with Crippen LogP contribution in [-0.2, 0) is 24.3 Å². The van der Waals surface area contributed by atoms with Gasteiger partial charge in [0.1, 0.15) is 6.04 Å². The van der Waals surface area contributed by atoms with Crippen molar-refractivity contribution in [2.75, 3.05) is 14.2 Å². The van der Waals surface area contributed by atoms with Crippen molar-refractivity contribution < 1.29 is 37.4 Å². The highest BCUT2D eigenvalue weighted by molar-refractivity contribution is 7.89. The first kappa shape index (κ1) is 21.6. The van der Waals surface area contributed by atoms with Gasteiger partial charge in [-0.05, 0) is 30.5 Å². The van der Waals surface area contributed by atoms with Gasteiger partial charge in [-0.15, -0.1) is 0 Å². The van der Waals surface area contributed by atoms with Crippen LogP contribution in [0.3, 0.4) is 0 Å². The Bertz CT molecular complexity index is 800. The normalized spacial score (nSPS) is 12.5. The summed E-state index contributed by atoms with van der Waals surface area (Å²) in [5, 5.41) is 9.25. The molecule has 0 radical (unpaired) electrons. The Labute approximate surface area is 151 Å². The van der Waals surface area contributed by atoms with Crippen LogP contribution in [-0.4, -0.2) is 51.7 Å². The van der Waals surface area contributed by atoms with E-state index in [1.807, 2.05) is 0 Å². The van der Waals surface area contributed by atoms with Crippen LogP contribution >= 0.6 is 0 Å². The number of carbonyl (C=O) groups excluding carboxylic acids is 2. The fourth-order valence-electron chi connectivity index (χ4n) is 2.19. The Morgan fingerprint density at radius 2 is 1.69 bits per heavy atom. The molecule has 1 aromatic carbocycles. The van der Waals surface area contributed by atoms with E-state index in [0.29, 0.717) is 0 Å². The molecule has 0 aromatic heterocycles. The number of carboxylic acid groups (broad SMARTS) is 1. The van der Waals surface area contributed by atoms with Gasteiger partial charge in [0.15, 0.2) is 0 Å². The minimum Gasteiger partial charge on any atom is -0.480 e. The number of methoxy groups -OCH3 is 2. The summed E-state index contributed by atoms with van der Waals surface area (Å²) in [7, 11) is -2.25. The molecule has 0 aliphatic rings. The van der Waals surface area contributed by atoms with Gasteiger partial charge >= 0.3 is 17.9 Å². The summed E-state index contributed by atoms with van der Waals surface area (Å²) in [6.45, 7) is 3.48. The maximum Gasteiger partial charge on any atom is 0.339 e. The molecule has 2 N–H and O–H groups in total. The summed E-state index contributed by atoms with van der Waals surface area (Å²) < 4.78 is 36.5. The first-order valence-electron chi connectivity index (χ1n) is 7.59. The molecule has 0 saturated carbocycles. The number of ether oxygens (including phenoxy) is 2. The van der Waals surface area contributed by atoms with E-state index >= 15 is 0 Å². The number of carbonyl (C=O) groups is 3. The van der Waals surface area contributed by atoms with Crippen LogP contribution in [0.5, 0.6) is 0 Å². The number of rotatable bonds is 8. The Kier molecular flexibility index (Phi) is 7.28. The minimum atomic E-state index is -4.44. The highest BCUT2D eigenvalue weighted by Gasteiger charge is 2.30. The molecule has 1 rings (SSSR count). The van der Waals surface area contributed by atoms with Crippen LogP contribution in [0.25, 0.3) is 0 Å². The summed E-state index contributed by atoms with van der Waals surface area (Å²) in [6.07, 6.45) is 0.0405. The SMILES string of the molecule is COC(=O)c1ccc(C(=O)OC)c(S(=O)(=O)NC(CC(C)C)C(=O)O)c1. The average Bonchev–Trinajstić information content (AvgIpc) is 2.58. The summed E-state index contributed by atoms with van der Waals surface area (Å²) in [5.41, 5.74) is -0.447. The number of sulfonamides is 1. The third kappa shape index (κ3) is 5.27. The Morgan fingerprint density at radius 1 is 1.12 bits per heavy atom. The maximum atomic E-state index is 12.7. The zero-order chi connectivity index (χ0) is 20.1. The van der Waals surface area contributed by atoms with Crippen LogP contribution in [0.15, 0.2) is 23.1 Å². The first-order valence-corrected chi connectivity index (χ1v) is 9.07. The van der Waals surface area contributed by atoms with Crippen molar-refractivity contribution in [1.82, 2.24) is 4.72 Å². The predicted octanol–water partition coefficient (Wildman–Crippen LogP) is 1.04. The second-order valence-electron chi connectivity index (χ2n) is 5.84. The zero-order valence-corrected chi connectivity index (χ0v) is 15.6. The molecule has 0 fully saturated rings. The van der Waals surface area contributed by atoms with Crippen molar-refractivity contribution in [1.29, 1.82) is 0 Å². The Balaban J connectivity index is 3.45. The van der Waals surface area contributed by atoms with Gasteiger partial charge < -0.3 is 14.6 Å². The second kappa shape index (κ2) is 8.77. The monoisotopic (exact) mass is 387 g/mol. The number of esters is 2. The van der Waals surface area contributed by atoms with Crippen LogP contribution in [0.1, 0.15) is 41.0 Å². The van der Waals surface area contributed by atoms with Gasteiger partial charge in [0.05, 0.1) is 30.2 Å². The largest absolute Gasteiger partial charge is 0.480 e. The molecular weight excluding hydrogens is 366 g/mol. The number of nitrogens with one attached hydrogen (secondary N) is 1. The molecule has 0 aliphatic heterocycles. The van der Waals surface area contributed by atoms with Crippen molar-refractivity contribution in [3.05, 3.63) is 29.3 Å². The highest BCUT2D eigenvalue weighted by atomic mass is 32.2. The highest BCUT2D eigenvalue weighted by Crippen LogP contribution is 2.21. The van der Waals surface area contributed by atoms with E-state index in [0.717, 1.165) is 26.4 Å². The quantitative estimate of drug-likeness (QED) is 0.631. The van der Waals surface area contributed by atoms with Gasteiger partial charge in [-0.2, -0.15) is 4.72 Å². The average molecular weight is 387 g/mol. The smallest absolute Gasteiger partial charge is 0.339 e. The minimum absolute atomic E-state index is 0.0405. The van der Waals surface area contributed by atoms with E-state index < -0.39 is 38.9 Å². The van der Waals surface area contributed by atoms with E-state index in [4.69, 9.17) is 0 Å². The topological polar surface area (TPSA) is 136 Å². The molecule has 0 saturated heterocycles. The van der Waals surface area contributed by atoms with Gasteiger partial charge in [-0.1, -0.05) is 13.8 Å². The molecular formula is C16H21NO8S. The molecule has 144 valence electrons. The van der Waals surface area contributed by atoms with E-state index in [2.05, 4.69) is 14.2 Å². The number of hydrogen-bond acceptors (Lipinski definition) is 7. The summed E-state index contributed by atoms with van der Waals surface area (Å²) in [4.78, 5) is 34.3. The van der Waals surface area contributed by atoms with Gasteiger partial charge in [0, 0.05) is 0 Å². The first-order chi connectivity index (χ1) is 12.0. The molecule has 26 heavy (non-hydrogen) atoms. The van der Waals surface area contributed by atoms with E-state index in [1.54, 1.807) is 13.8 Å².